The summed E-state index contributed by atoms with van der Waals surface area (Å²) in [4.78, 5) is 11.5. The number of amides is 1. The second-order valence-electron chi connectivity index (χ2n) is 3.81. The third-order valence-corrected chi connectivity index (χ3v) is 2.23. The fourth-order valence-electron chi connectivity index (χ4n) is 1.29. The third-order valence-electron chi connectivity index (χ3n) is 2.23. The highest BCUT2D eigenvalue weighted by atomic mass is 16.3. The lowest BCUT2D eigenvalue weighted by atomic mass is 10.1. The summed E-state index contributed by atoms with van der Waals surface area (Å²) >= 11 is 0. The molecule has 0 aliphatic rings. The molecule has 0 radical (unpaired) electrons. The Hall–Kier alpha value is -0.690. The Labute approximate surface area is 97.0 Å². The van der Waals surface area contributed by atoms with Crippen molar-refractivity contribution in [2.45, 2.75) is 25.0 Å². The molecule has 6 N–H and O–H groups in total. The molecule has 0 aliphatic heterocycles. The smallest absolute Gasteiger partial charge is 0.237 e. The number of carbonyl (C=O) groups is 1. The van der Waals surface area contributed by atoms with Crippen LogP contribution in [0.3, 0.4) is 0 Å². The van der Waals surface area contributed by atoms with E-state index in [4.69, 9.17) is 5.73 Å². The molecule has 96 valence electrons. The van der Waals surface area contributed by atoms with Gasteiger partial charge in [0.15, 0.2) is 0 Å². The zero-order chi connectivity index (χ0) is 12.4. The van der Waals surface area contributed by atoms with Crippen LogP contribution >= 0.6 is 0 Å². The van der Waals surface area contributed by atoms with Crippen LogP contribution in [0.4, 0.5) is 0 Å². The topological polar surface area (TPSA) is 99.4 Å². The van der Waals surface area contributed by atoms with Gasteiger partial charge in [-0.2, -0.15) is 0 Å². The van der Waals surface area contributed by atoms with E-state index in [-0.39, 0.29) is 12.5 Å². The monoisotopic (exact) mass is 232 g/mol. The number of likely N-dealkylation sites (N-methyl/N-ethyl adjacent to an activating group) is 1. The Bertz CT molecular complexity index is 190. The third kappa shape index (κ3) is 7.58. The molecular formula is C10H24N4O2. The predicted molar refractivity (Wildman–Crippen MR) is 64.1 cm³/mol. The van der Waals surface area contributed by atoms with Crippen molar-refractivity contribution in [3.8, 4) is 0 Å². The van der Waals surface area contributed by atoms with Crippen LogP contribution in [0.2, 0.25) is 0 Å². The summed E-state index contributed by atoms with van der Waals surface area (Å²) in [5.41, 5.74) is 5.68. The number of aliphatic hydroxyl groups excluding tert-OH is 1. The van der Waals surface area contributed by atoms with Crippen LogP contribution in [0.5, 0.6) is 0 Å². The van der Waals surface area contributed by atoms with Gasteiger partial charge in [-0.1, -0.05) is 0 Å². The summed E-state index contributed by atoms with van der Waals surface area (Å²) < 4.78 is 0. The van der Waals surface area contributed by atoms with Gasteiger partial charge in [0.2, 0.25) is 5.91 Å². The number of hydrogen-bond donors (Lipinski definition) is 5. The lowest BCUT2D eigenvalue weighted by Crippen LogP contribution is -2.45. The molecule has 0 bridgehead atoms. The van der Waals surface area contributed by atoms with E-state index in [1.807, 2.05) is 7.05 Å². The molecule has 0 spiro atoms. The Morgan fingerprint density at radius 2 is 2.00 bits per heavy atom. The van der Waals surface area contributed by atoms with Gasteiger partial charge in [0.25, 0.3) is 0 Å². The molecule has 0 aromatic rings. The van der Waals surface area contributed by atoms with E-state index in [2.05, 4.69) is 16.0 Å². The second-order valence-corrected chi connectivity index (χ2v) is 3.81. The van der Waals surface area contributed by atoms with Gasteiger partial charge in [-0.3, -0.25) is 4.79 Å². The van der Waals surface area contributed by atoms with Crippen LogP contribution in [0.1, 0.15) is 12.8 Å². The highest BCUT2D eigenvalue weighted by molar-refractivity contribution is 5.81. The van der Waals surface area contributed by atoms with Gasteiger partial charge in [-0.25, -0.2) is 0 Å². The maximum absolute atomic E-state index is 11.5. The van der Waals surface area contributed by atoms with Gasteiger partial charge in [0.1, 0.15) is 0 Å². The molecule has 0 heterocycles. The zero-order valence-electron chi connectivity index (χ0n) is 10.1. The van der Waals surface area contributed by atoms with E-state index < -0.39 is 12.1 Å². The van der Waals surface area contributed by atoms with Crippen LogP contribution in [0.15, 0.2) is 0 Å². The molecule has 0 saturated carbocycles. The normalized spacial score (nSPS) is 14.5. The summed E-state index contributed by atoms with van der Waals surface area (Å²) in [5, 5.41) is 17.8. The van der Waals surface area contributed by atoms with E-state index in [1.165, 1.54) is 0 Å². The number of nitrogens with two attached hydrogens (primary N) is 1. The lowest BCUT2D eigenvalue weighted by molar-refractivity contribution is -0.122. The Kier molecular flexibility index (Phi) is 9.12. The van der Waals surface area contributed by atoms with E-state index in [0.717, 1.165) is 13.0 Å². The highest BCUT2D eigenvalue weighted by Crippen LogP contribution is 1.93. The van der Waals surface area contributed by atoms with Crippen molar-refractivity contribution in [1.29, 1.82) is 0 Å². The molecule has 1 amide bonds. The molecule has 2 atom stereocenters. The number of nitrogens with one attached hydrogen (secondary N) is 3. The van der Waals surface area contributed by atoms with Crippen molar-refractivity contribution in [2.24, 2.45) is 5.73 Å². The first-order chi connectivity index (χ1) is 7.61. The molecule has 0 fully saturated rings. The van der Waals surface area contributed by atoms with Gasteiger partial charge in [0, 0.05) is 13.1 Å². The fourth-order valence-corrected chi connectivity index (χ4v) is 1.29. The Morgan fingerprint density at radius 3 is 2.56 bits per heavy atom. The number of hydrogen-bond acceptors (Lipinski definition) is 5. The van der Waals surface area contributed by atoms with Gasteiger partial charge in [-0.05, 0) is 33.5 Å². The van der Waals surface area contributed by atoms with Gasteiger partial charge < -0.3 is 26.8 Å². The van der Waals surface area contributed by atoms with Crippen molar-refractivity contribution < 1.29 is 9.90 Å². The summed E-state index contributed by atoms with van der Waals surface area (Å²) in [6.07, 6.45) is 0.942. The molecule has 0 aliphatic carbocycles. The molecule has 6 nitrogen and oxygen atoms in total. The second kappa shape index (κ2) is 9.53. The van der Waals surface area contributed by atoms with E-state index >= 15 is 0 Å². The summed E-state index contributed by atoms with van der Waals surface area (Å²) in [5.74, 6) is -0.203. The van der Waals surface area contributed by atoms with Crippen LogP contribution in [0.25, 0.3) is 0 Å². The van der Waals surface area contributed by atoms with Crippen molar-refractivity contribution >= 4 is 5.91 Å². The first-order valence-electron chi connectivity index (χ1n) is 5.62. The fraction of sp³-hybridized carbons (Fsp3) is 0.900. The minimum atomic E-state index is -0.571. The SMILES string of the molecule is CNCCC[C@H](N)C(=O)NCC(O)CNC. The summed E-state index contributed by atoms with van der Waals surface area (Å²) in [6.45, 7) is 1.54. The maximum atomic E-state index is 11.5. The van der Waals surface area contributed by atoms with Crippen LogP contribution in [-0.2, 0) is 4.79 Å². The van der Waals surface area contributed by atoms with Crippen LogP contribution < -0.4 is 21.7 Å². The predicted octanol–water partition coefficient (Wildman–Crippen LogP) is -1.99. The quantitative estimate of drug-likeness (QED) is 0.296. The zero-order valence-corrected chi connectivity index (χ0v) is 10.1. The van der Waals surface area contributed by atoms with Gasteiger partial charge in [-0.15, -0.1) is 0 Å². The van der Waals surface area contributed by atoms with E-state index in [1.54, 1.807) is 7.05 Å². The molecule has 0 aromatic heterocycles. The molecule has 0 saturated heterocycles. The van der Waals surface area contributed by atoms with E-state index in [0.29, 0.717) is 13.0 Å². The minimum Gasteiger partial charge on any atom is -0.390 e. The first-order valence-corrected chi connectivity index (χ1v) is 5.62. The number of aliphatic hydroxyl groups is 1. The molecule has 16 heavy (non-hydrogen) atoms. The molecule has 1 unspecified atom stereocenters. The summed E-state index contributed by atoms with van der Waals surface area (Å²) in [7, 11) is 3.61. The standard InChI is InChI=1S/C10H24N4O2/c1-12-5-3-4-9(11)10(16)14-7-8(15)6-13-2/h8-9,12-13,15H,3-7,11H2,1-2H3,(H,14,16)/t8?,9-/m0/s1. The Morgan fingerprint density at radius 1 is 1.31 bits per heavy atom. The van der Waals surface area contributed by atoms with Crippen LogP contribution in [-0.4, -0.2) is 56.9 Å². The molecule has 6 heteroatoms. The molecule has 0 aromatic carbocycles. The minimum absolute atomic E-state index is 0.203. The van der Waals surface area contributed by atoms with Gasteiger partial charge >= 0.3 is 0 Å². The van der Waals surface area contributed by atoms with E-state index in [9.17, 15) is 9.90 Å². The lowest BCUT2D eigenvalue weighted by Gasteiger charge is -2.14. The van der Waals surface area contributed by atoms with Crippen molar-refractivity contribution in [3.63, 3.8) is 0 Å². The van der Waals surface area contributed by atoms with Crippen molar-refractivity contribution in [2.75, 3.05) is 33.7 Å². The van der Waals surface area contributed by atoms with Crippen LogP contribution in [0, 0.1) is 0 Å². The number of carbonyl (C=O) groups excluding carboxylic acids is 1. The maximum Gasteiger partial charge on any atom is 0.237 e. The Balaban J connectivity index is 3.62. The van der Waals surface area contributed by atoms with Crippen molar-refractivity contribution in [3.05, 3.63) is 0 Å². The number of rotatable bonds is 9. The average Bonchev–Trinajstić information content (AvgIpc) is 2.26. The average molecular weight is 232 g/mol. The highest BCUT2D eigenvalue weighted by Gasteiger charge is 2.13. The summed E-state index contributed by atoms with van der Waals surface area (Å²) in [6, 6.07) is -0.491. The van der Waals surface area contributed by atoms with Gasteiger partial charge in [0.05, 0.1) is 12.1 Å². The van der Waals surface area contributed by atoms with Crippen molar-refractivity contribution in [1.82, 2.24) is 16.0 Å². The molecular weight excluding hydrogens is 208 g/mol. The first kappa shape index (κ1) is 15.3. The largest absolute Gasteiger partial charge is 0.390 e. The molecule has 0 rings (SSSR count).